The number of morpholine rings is 1. The summed E-state index contributed by atoms with van der Waals surface area (Å²) in [5.74, 6) is 5.45. The van der Waals surface area contributed by atoms with E-state index in [4.69, 9.17) is 9.84 Å². The van der Waals surface area contributed by atoms with Crippen molar-refractivity contribution in [2.45, 2.75) is 39.0 Å². The fourth-order valence-corrected chi connectivity index (χ4v) is 2.46. The summed E-state index contributed by atoms with van der Waals surface area (Å²) in [5, 5.41) is 8.73. The third-order valence-corrected chi connectivity index (χ3v) is 3.55. The van der Waals surface area contributed by atoms with Crippen molar-refractivity contribution in [1.82, 2.24) is 4.90 Å². The van der Waals surface area contributed by atoms with E-state index in [0.717, 1.165) is 12.1 Å². The van der Waals surface area contributed by atoms with E-state index in [-0.39, 0.29) is 18.5 Å². The predicted molar refractivity (Wildman–Crippen MR) is 80.3 cm³/mol. The van der Waals surface area contributed by atoms with Crippen LogP contribution in [0.5, 0.6) is 0 Å². The van der Waals surface area contributed by atoms with Gasteiger partial charge in [0.2, 0.25) is 0 Å². The lowest BCUT2D eigenvalue weighted by atomic mass is 10.1. The smallest absolute Gasteiger partial charge is 0.124 e. The first-order chi connectivity index (χ1) is 10.1. The molecule has 0 saturated carbocycles. The van der Waals surface area contributed by atoms with Crippen LogP contribution in [0, 0.1) is 17.7 Å². The fourth-order valence-electron chi connectivity index (χ4n) is 2.46. The van der Waals surface area contributed by atoms with E-state index in [9.17, 15) is 4.39 Å². The summed E-state index contributed by atoms with van der Waals surface area (Å²) in [6.07, 6.45) is 0.614. The van der Waals surface area contributed by atoms with Gasteiger partial charge in [0, 0.05) is 31.1 Å². The average molecular weight is 291 g/mol. The second-order valence-electron chi connectivity index (χ2n) is 5.55. The molecule has 1 aliphatic rings. The van der Waals surface area contributed by atoms with Crippen molar-refractivity contribution < 1.29 is 14.2 Å². The molecule has 3 nitrogen and oxygen atoms in total. The lowest BCUT2D eigenvalue weighted by Crippen LogP contribution is -2.46. The van der Waals surface area contributed by atoms with Gasteiger partial charge in [0.1, 0.15) is 5.82 Å². The number of aliphatic hydroxyl groups is 1. The summed E-state index contributed by atoms with van der Waals surface area (Å²) in [6, 6.07) is 5.23. The third-order valence-electron chi connectivity index (χ3n) is 3.55. The maximum Gasteiger partial charge on any atom is 0.124 e. The number of hydrogen-bond acceptors (Lipinski definition) is 3. The molecular weight excluding hydrogens is 269 g/mol. The second kappa shape index (κ2) is 7.56. The van der Waals surface area contributed by atoms with E-state index >= 15 is 0 Å². The number of ether oxygens (including phenoxy) is 1. The van der Waals surface area contributed by atoms with Crippen molar-refractivity contribution in [3.8, 4) is 11.8 Å². The number of rotatable bonds is 3. The summed E-state index contributed by atoms with van der Waals surface area (Å²) >= 11 is 0. The van der Waals surface area contributed by atoms with Crippen LogP contribution in [0.15, 0.2) is 18.2 Å². The Balaban J connectivity index is 2.11. The van der Waals surface area contributed by atoms with E-state index in [2.05, 4.69) is 30.6 Å². The van der Waals surface area contributed by atoms with Crippen molar-refractivity contribution in [3.63, 3.8) is 0 Å². The Labute approximate surface area is 125 Å². The molecule has 1 aromatic carbocycles. The molecule has 21 heavy (non-hydrogen) atoms. The first-order valence-corrected chi connectivity index (χ1v) is 7.33. The van der Waals surface area contributed by atoms with Gasteiger partial charge in [-0.2, -0.15) is 0 Å². The molecule has 1 aromatic rings. The van der Waals surface area contributed by atoms with Crippen LogP contribution in [0.2, 0.25) is 0 Å². The quantitative estimate of drug-likeness (QED) is 0.866. The largest absolute Gasteiger partial charge is 0.395 e. The molecule has 0 amide bonds. The lowest BCUT2D eigenvalue weighted by Gasteiger charge is -2.36. The molecule has 0 aromatic heterocycles. The van der Waals surface area contributed by atoms with Gasteiger partial charge in [-0.25, -0.2) is 4.39 Å². The SMILES string of the molecule is CC1CN(Cc2cc(F)cc(C#CCCO)c2)C(C)CO1. The minimum absolute atomic E-state index is 0.0261. The topological polar surface area (TPSA) is 32.7 Å². The van der Waals surface area contributed by atoms with Gasteiger partial charge in [0.05, 0.1) is 19.3 Å². The lowest BCUT2D eigenvalue weighted by molar-refractivity contribution is -0.0526. The first-order valence-electron chi connectivity index (χ1n) is 7.33. The fraction of sp³-hybridized carbons (Fsp3) is 0.529. The molecule has 0 radical (unpaired) electrons. The van der Waals surface area contributed by atoms with Crippen LogP contribution in [0.4, 0.5) is 4.39 Å². The van der Waals surface area contributed by atoms with E-state index < -0.39 is 0 Å². The van der Waals surface area contributed by atoms with Crippen molar-refractivity contribution in [3.05, 3.63) is 35.1 Å². The van der Waals surface area contributed by atoms with Crippen molar-refractivity contribution in [1.29, 1.82) is 0 Å². The zero-order valence-corrected chi connectivity index (χ0v) is 12.6. The van der Waals surface area contributed by atoms with Crippen LogP contribution in [-0.4, -0.2) is 41.9 Å². The minimum Gasteiger partial charge on any atom is -0.395 e. The maximum atomic E-state index is 13.7. The average Bonchev–Trinajstić information content (AvgIpc) is 2.43. The Morgan fingerprint density at radius 3 is 2.95 bits per heavy atom. The molecule has 1 fully saturated rings. The van der Waals surface area contributed by atoms with Gasteiger partial charge in [0.15, 0.2) is 0 Å². The van der Waals surface area contributed by atoms with Crippen LogP contribution in [0.25, 0.3) is 0 Å². The Hall–Kier alpha value is -1.41. The summed E-state index contributed by atoms with van der Waals surface area (Å²) < 4.78 is 19.3. The van der Waals surface area contributed by atoms with Gasteiger partial charge in [-0.15, -0.1) is 0 Å². The molecule has 4 heteroatoms. The number of nitrogens with zero attached hydrogens (tertiary/aromatic N) is 1. The van der Waals surface area contributed by atoms with Gasteiger partial charge < -0.3 is 9.84 Å². The van der Waals surface area contributed by atoms with Gasteiger partial charge >= 0.3 is 0 Å². The number of benzene rings is 1. The van der Waals surface area contributed by atoms with Crippen molar-refractivity contribution in [2.75, 3.05) is 19.8 Å². The summed E-state index contributed by atoms with van der Waals surface area (Å²) in [4.78, 5) is 2.30. The minimum atomic E-state index is -0.269. The molecule has 2 unspecified atom stereocenters. The monoisotopic (exact) mass is 291 g/mol. The Kier molecular flexibility index (Phi) is 5.75. The van der Waals surface area contributed by atoms with Crippen LogP contribution >= 0.6 is 0 Å². The number of aliphatic hydroxyl groups excluding tert-OH is 1. The van der Waals surface area contributed by atoms with Crippen LogP contribution in [0.3, 0.4) is 0 Å². The summed E-state index contributed by atoms with van der Waals surface area (Å²) in [6.45, 7) is 6.45. The normalized spacial score (nSPS) is 22.7. The van der Waals surface area contributed by atoms with E-state index in [0.29, 0.717) is 31.2 Å². The van der Waals surface area contributed by atoms with Crippen LogP contribution in [-0.2, 0) is 11.3 Å². The third kappa shape index (κ3) is 4.82. The first kappa shape index (κ1) is 16.0. The van der Waals surface area contributed by atoms with Crippen molar-refractivity contribution >= 4 is 0 Å². The van der Waals surface area contributed by atoms with Crippen LogP contribution < -0.4 is 0 Å². The van der Waals surface area contributed by atoms with E-state index in [1.165, 1.54) is 6.07 Å². The molecule has 0 bridgehead atoms. The molecule has 1 heterocycles. The molecule has 0 aliphatic carbocycles. The Morgan fingerprint density at radius 1 is 1.38 bits per heavy atom. The molecule has 1 saturated heterocycles. The van der Waals surface area contributed by atoms with Crippen molar-refractivity contribution in [2.24, 2.45) is 0 Å². The van der Waals surface area contributed by atoms with Gasteiger partial charge in [-0.3, -0.25) is 4.90 Å². The van der Waals surface area contributed by atoms with Gasteiger partial charge in [0.25, 0.3) is 0 Å². The number of halogens is 1. The highest BCUT2D eigenvalue weighted by Crippen LogP contribution is 2.17. The summed E-state index contributed by atoms with van der Waals surface area (Å²) in [5.41, 5.74) is 1.58. The molecule has 1 N–H and O–H groups in total. The Bertz CT molecular complexity index is 535. The second-order valence-corrected chi connectivity index (χ2v) is 5.55. The standard InChI is InChI=1S/C17H22FNO2/c1-13-12-21-14(2)10-19(13)11-16-7-15(5-3-4-6-20)8-17(18)9-16/h7-9,13-14,20H,4,6,10-12H2,1-2H3. The molecule has 114 valence electrons. The highest BCUT2D eigenvalue weighted by atomic mass is 19.1. The Morgan fingerprint density at radius 2 is 2.19 bits per heavy atom. The molecular formula is C17H22FNO2. The molecule has 0 spiro atoms. The predicted octanol–water partition coefficient (Wildman–Crippen LogP) is 2.17. The highest BCUT2D eigenvalue weighted by molar-refractivity contribution is 5.37. The molecule has 2 rings (SSSR count). The maximum absolute atomic E-state index is 13.7. The molecule has 1 aliphatic heterocycles. The van der Waals surface area contributed by atoms with E-state index in [1.807, 2.05) is 6.07 Å². The van der Waals surface area contributed by atoms with Gasteiger partial charge in [-0.05, 0) is 37.6 Å². The summed E-state index contributed by atoms with van der Waals surface area (Å²) in [7, 11) is 0. The zero-order valence-electron chi connectivity index (χ0n) is 12.6. The van der Waals surface area contributed by atoms with Gasteiger partial charge in [-0.1, -0.05) is 11.8 Å². The van der Waals surface area contributed by atoms with Crippen LogP contribution in [0.1, 0.15) is 31.4 Å². The number of hydrogen-bond donors (Lipinski definition) is 1. The van der Waals surface area contributed by atoms with E-state index in [1.54, 1.807) is 6.07 Å². The molecule has 2 atom stereocenters. The zero-order chi connectivity index (χ0) is 15.2. The highest BCUT2D eigenvalue weighted by Gasteiger charge is 2.23.